The molecule has 8 aromatic rings. The summed E-state index contributed by atoms with van der Waals surface area (Å²) in [6, 6.07) is 6.82. The lowest BCUT2D eigenvalue weighted by molar-refractivity contribution is 0.0908. The summed E-state index contributed by atoms with van der Waals surface area (Å²) in [5.41, 5.74) is -19.8. The maximum Gasteiger partial charge on any atom is 0.269 e. The van der Waals surface area contributed by atoms with Crippen LogP contribution in [0, 0.1) is 93.1 Å². The molecule has 4 heterocycles. The van der Waals surface area contributed by atoms with Gasteiger partial charge in [-0.05, 0) is 47.5 Å². The zero-order valence-electron chi connectivity index (χ0n) is 38.6. The molecule has 4 amide bonds. The Balaban J connectivity index is 1.08. The van der Waals surface area contributed by atoms with E-state index in [1.165, 1.54) is 0 Å². The number of aliphatic hydroxyl groups is 3. The molecule has 0 fully saturated rings. The van der Waals surface area contributed by atoms with Gasteiger partial charge >= 0.3 is 0 Å². The van der Waals surface area contributed by atoms with Crippen molar-refractivity contribution in [1.29, 1.82) is 0 Å². The quantitative estimate of drug-likeness (QED) is 0.0628. The molecule has 81 heavy (non-hydrogen) atoms. The lowest BCUT2D eigenvalue weighted by Gasteiger charge is -2.24. The van der Waals surface area contributed by atoms with Crippen molar-refractivity contribution >= 4 is 85.3 Å². The first-order chi connectivity index (χ1) is 38.2. The number of hydrogen-bond donors (Lipinski definition) is 3. The third kappa shape index (κ3) is 6.57. The Morgan fingerprint density at radius 2 is 0.728 bits per heavy atom. The van der Waals surface area contributed by atoms with Crippen LogP contribution in [-0.2, 0) is 6.42 Å². The predicted molar refractivity (Wildman–Crippen MR) is 242 cm³/mol. The number of carbonyl (C=O) groups is 5. The monoisotopic (exact) mass is 1140 g/mol. The fraction of sp³-hybridized carbons (Fsp3) is 0.0377. The summed E-state index contributed by atoms with van der Waals surface area (Å²) in [6.45, 7) is 0. The molecule has 0 bridgehead atoms. The van der Waals surface area contributed by atoms with E-state index in [4.69, 9.17) is 0 Å². The highest BCUT2D eigenvalue weighted by Crippen LogP contribution is 2.50. The van der Waals surface area contributed by atoms with Crippen LogP contribution in [0.3, 0.4) is 0 Å². The lowest BCUT2D eigenvalue weighted by atomic mass is 9.95. The zero-order chi connectivity index (χ0) is 58.3. The third-order valence-corrected chi connectivity index (χ3v) is 14.0. The summed E-state index contributed by atoms with van der Waals surface area (Å²) >= 11 is 0. The highest BCUT2D eigenvalue weighted by Gasteiger charge is 2.49. The number of aliphatic hydroxyl groups excluding tert-OH is 3. The molecule has 2 aliphatic carbocycles. The minimum atomic E-state index is -2.58. The first-order valence-corrected chi connectivity index (χ1v) is 22.4. The molecule has 4 aliphatic rings. The van der Waals surface area contributed by atoms with Gasteiger partial charge in [0.15, 0.2) is 93.1 Å². The van der Waals surface area contributed by atoms with E-state index in [2.05, 4.69) is 9.97 Å². The zero-order valence-corrected chi connectivity index (χ0v) is 38.6. The molecule has 406 valence electrons. The van der Waals surface area contributed by atoms with Crippen LogP contribution in [0.15, 0.2) is 48.5 Å². The van der Waals surface area contributed by atoms with Gasteiger partial charge in [-0.15, -0.1) is 0 Å². The number of hydrogen-bond acceptors (Lipinski definition) is 10. The van der Waals surface area contributed by atoms with Crippen LogP contribution in [0.2, 0.25) is 0 Å². The number of fused-ring (bicyclic) bond motifs is 6. The number of amides is 4. The van der Waals surface area contributed by atoms with Crippen molar-refractivity contribution in [3.63, 3.8) is 0 Å². The van der Waals surface area contributed by atoms with Crippen LogP contribution in [0.25, 0.3) is 44.5 Å². The average Bonchev–Trinajstić information content (AvgIpc) is 3.93. The van der Waals surface area contributed by atoms with E-state index in [1.807, 2.05) is 0 Å². The minimum Gasteiger partial charge on any atom is -0.507 e. The van der Waals surface area contributed by atoms with E-state index in [-0.39, 0.29) is 9.80 Å². The van der Waals surface area contributed by atoms with Gasteiger partial charge in [0.05, 0.1) is 83.9 Å². The van der Waals surface area contributed by atoms with E-state index in [0.717, 1.165) is 48.5 Å². The lowest BCUT2D eigenvalue weighted by Crippen LogP contribution is -2.32. The molecule has 0 saturated carbocycles. The predicted octanol–water partition coefficient (Wildman–Crippen LogP) is 11.3. The molecule has 6 aromatic carbocycles. The molecule has 2 aromatic heterocycles. The van der Waals surface area contributed by atoms with Crippen LogP contribution < -0.4 is 9.80 Å². The third-order valence-electron chi connectivity index (χ3n) is 14.0. The molecule has 2 aliphatic heterocycles. The Labute approximate surface area is 434 Å². The summed E-state index contributed by atoms with van der Waals surface area (Å²) < 4.78 is 238. The first-order valence-electron chi connectivity index (χ1n) is 22.4. The Bertz CT molecular complexity index is 4490. The summed E-state index contributed by atoms with van der Waals surface area (Å²) in [5, 5.41) is 31.9. The van der Waals surface area contributed by atoms with Crippen molar-refractivity contribution in [2.75, 3.05) is 9.80 Å². The SMILES string of the molecule is O=C1C(c2ccc3c(N4C(=O)c5c(F)c(F)c(F)c(F)c5C4=O)c(Cc4ccc5nc(C6=C(O)c7c(F)c(F)c(F)c(F)c7C6O)ccc5c4N4C(=O)c5c(F)c(F)c(F)c(F)c5C4=O)ccc3n2)=C(O)c2c(F)c(F)c(F)c(F)c21. The van der Waals surface area contributed by atoms with Crippen molar-refractivity contribution in [2.24, 2.45) is 0 Å². The average molecular weight is 1140 g/mol. The molecule has 0 spiro atoms. The van der Waals surface area contributed by atoms with Gasteiger partial charge in [-0.25, -0.2) is 90.0 Å². The number of carbonyl (C=O) groups excluding carboxylic acids is 5. The van der Waals surface area contributed by atoms with Crippen molar-refractivity contribution in [2.45, 2.75) is 12.5 Å². The maximum absolute atomic E-state index is 15.5. The number of ketones is 1. The van der Waals surface area contributed by atoms with E-state index in [1.54, 1.807) is 0 Å². The number of rotatable bonds is 6. The second-order valence-electron chi connectivity index (χ2n) is 18.0. The maximum atomic E-state index is 15.5. The molecule has 1 atom stereocenters. The van der Waals surface area contributed by atoms with Crippen LogP contribution in [-0.4, -0.2) is 54.7 Å². The molecule has 12 rings (SSSR count). The molecular weight excluding hydrogens is 1120 g/mol. The number of Topliss-reactive ketones (excluding diaryl/α,β-unsaturated/α-hetero) is 1. The Morgan fingerprint density at radius 1 is 0.383 bits per heavy atom. The molecule has 0 saturated heterocycles. The second kappa shape index (κ2) is 17.3. The van der Waals surface area contributed by atoms with Crippen molar-refractivity contribution in [3.05, 3.63) is 209 Å². The van der Waals surface area contributed by atoms with E-state index in [0.29, 0.717) is 0 Å². The highest BCUT2D eigenvalue weighted by molar-refractivity contribution is 6.40. The number of benzene rings is 6. The number of anilines is 2. The van der Waals surface area contributed by atoms with Gasteiger partial charge < -0.3 is 15.3 Å². The number of aromatic nitrogens is 2. The summed E-state index contributed by atoms with van der Waals surface area (Å²) in [6.07, 6.45) is -3.51. The van der Waals surface area contributed by atoms with E-state index < -0.39 is 258 Å². The number of allylic oxidation sites excluding steroid dienone is 1. The largest absolute Gasteiger partial charge is 0.507 e. The first kappa shape index (κ1) is 51.7. The second-order valence-corrected chi connectivity index (χ2v) is 18.0. The number of pyridine rings is 2. The van der Waals surface area contributed by atoms with Crippen LogP contribution >= 0.6 is 0 Å². The highest BCUT2D eigenvalue weighted by atomic mass is 19.2. The van der Waals surface area contributed by atoms with Gasteiger partial charge in [-0.1, -0.05) is 12.1 Å². The van der Waals surface area contributed by atoms with Gasteiger partial charge in [0, 0.05) is 22.8 Å². The molecule has 12 nitrogen and oxygen atoms in total. The Hall–Kier alpha value is -9.99. The number of halogens is 16. The molecule has 1 unspecified atom stereocenters. The topological polar surface area (TPSA) is 178 Å². The summed E-state index contributed by atoms with van der Waals surface area (Å²) in [7, 11) is 0. The molecule has 3 N–H and O–H groups in total. The normalized spacial score (nSPS) is 15.7. The van der Waals surface area contributed by atoms with Crippen LogP contribution in [0.5, 0.6) is 0 Å². The van der Waals surface area contributed by atoms with E-state index in [9.17, 15) is 87.6 Å². The molecule has 0 radical (unpaired) electrons. The smallest absolute Gasteiger partial charge is 0.269 e. The van der Waals surface area contributed by atoms with Crippen LogP contribution in [0.1, 0.15) is 97.1 Å². The molecule has 28 heteroatoms. The number of imide groups is 2. The van der Waals surface area contributed by atoms with Crippen LogP contribution in [0.4, 0.5) is 81.6 Å². The fourth-order valence-electron chi connectivity index (χ4n) is 10.3. The Morgan fingerprint density at radius 3 is 1.15 bits per heavy atom. The van der Waals surface area contributed by atoms with Crippen molar-refractivity contribution < 1.29 is 110 Å². The number of nitrogens with zero attached hydrogens (tertiary/aromatic N) is 4. The van der Waals surface area contributed by atoms with Crippen molar-refractivity contribution in [1.82, 2.24) is 9.97 Å². The Kier molecular flexibility index (Phi) is 11.0. The van der Waals surface area contributed by atoms with Crippen molar-refractivity contribution in [3.8, 4) is 0 Å². The van der Waals surface area contributed by atoms with Gasteiger partial charge in [-0.3, -0.25) is 24.0 Å². The fourth-order valence-corrected chi connectivity index (χ4v) is 10.3. The van der Waals surface area contributed by atoms with E-state index >= 15 is 22.0 Å². The summed E-state index contributed by atoms with van der Waals surface area (Å²) in [5.74, 6) is -50.6. The van der Waals surface area contributed by atoms with Gasteiger partial charge in [0.25, 0.3) is 23.6 Å². The standard InChI is InChI=1S/C53H14F16N4O8/c54-28-20-21(29(55)37(63)36(28)62)47(75)18(46(20)74)16-7-3-12-14(70-16)5-1-10(44(12)72-50(78)24-25(51(72)79)33(59)41(67)40(66)32(24)58)9-11-2-6-15-13(45(11)73-52(80)26-27(53(73)81)35(61)43(69)42(68)34(26)60)4-8-17(71-15)19-48(76)22-23(49(19)77)31(57)39(65)38(64)30(22)56/h1-8,46,74-76H,9H2. The van der Waals surface area contributed by atoms with Gasteiger partial charge in [0.1, 0.15) is 17.6 Å². The van der Waals surface area contributed by atoms with Gasteiger partial charge in [0.2, 0.25) is 5.78 Å². The van der Waals surface area contributed by atoms with Gasteiger partial charge in [-0.2, -0.15) is 0 Å². The minimum absolute atomic E-state index is 0.0604. The molecular formula is C53H14F16N4O8. The summed E-state index contributed by atoms with van der Waals surface area (Å²) in [4.78, 5) is 78.6.